The summed E-state index contributed by atoms with van der Waals surface area (Å²) >= 11 is 0. The predicted octanol–water partition coefficient (Wildman–Crippen LogP) is 2.38. The highest BCUT2D eigenvalue weighted by Gasteiger charge is 2.15. The van der Waals surface area contributed by atoms with Crippen molar-refractivity contribution in [2.45, 2.75) is 6.04 Å². The molecule has 18 heavy (non-hydrogen) atoms. The van der Waals surface area contributed by atoms with Crippen molar-refractivity contribution in [1.82, 2.24) is 10.4 Å². The Morgan fingerprint density at radius 3 is 2.94 bits per heavy atom. The van der Waals surface area contributed by atoms with Gasteiger partial charge in [-0.2, -0.15) is 0 Å². The highest BCUT2D eigenvalue weighted by atomic mass is 16.3. The molecule has 4 nitrogen and oxygen atoms in total. The fraction of sp³-hybridized carbons (Fsp3) is 0.0714. The first-order valence-corrected chi connectivity index (χ1v) is 5.71. The molecule has 0 radical (unpaired) electrons. The zero-order valence-electron chi connectivity index (χ0n) is 9.71. The number of fused-ring (bicyclic) bond motifs is 1. The first kappa shape index (κ1) is 11.0. The lowest BCUT2D eigenvalue weighted by Gasteiger charge is -2.16. The summed E-state index contributed by atoms with van der Waals surface area (Å²) in [5, 5.41) is 2.23. The third-order valence-electron chi connectivity index (χ3n) is 3.07. The molecule has 1 unspecified atom stereocenters. The normalized spacial score (nSPS) is 12.7. The van der Waals surface area contributed by atoms with E-state index in [1.54, 1.807) is 18.7 Å². The molecule has 3 aromatic rings. The standard InChI is InChI=1S/C14H13N3O/c15-17-14(11-5-7-18-9-11)12-3-1-2-10-4-6-16-8-13(10)12/h1-9,14,17H,15H2. The molecule has 0 bridgehead atoms. The van der Waals surface area contributed by atoms with Gasteiger partial charge < -0.3 is 4.42 Å². The molecule has 0 aliphatic heterocycles. The van der Waals surface area contributed by atoms with E-state index in [9.17, 15) is 0 Å². The van der Waals surface area contributed by atoms with Crippen LogP contribution in [-0.4, -0.2) is 4.98 Å². The van der Waals surface area contributed by atoms with Gasteiger partial charge in [-0.25, -0.2) is 5.43 Å². The molecule has 2 heterocycles. The van der Waals surface area contributed by atoms with Crippen molar-refractivity contribution in [3.05, 3.63) is 66.4 Å². The molecule has 0 amide bonds. The molecule has 4 heteroatoms. The van der Waals surface area contributed by atoms with E-state index >= 15 is 0 Å². The summed E-state index contributed by atoms with van der Waals surface area (Å²) in [5.41, 5.74) is 4.91. The van der Waals surface area contributed by atoms with Crippen molar-refractivity contribution in [1.29, 1.82) is 0 Å². The molecule has 0 saturated carbocycles. The van der Waals surface area contributed by atoms with Gasteiger partial charge in [0.25, 0.3) is 0 Å². The van der Waals surface area contributed by atoms with Gasteiger partial charge in [-0.1, -0.05) is 18.2 Å². The molecule has 2 aromatic heterocycles. The van der Waals surface area contributed by atoms with Crippen LogP contribution < -0.4 is 11.3 Å². The first-order chi connectivity index (χ1) is 8.90. The summed E-state index contributed by atoms with van der Waals surface area (Å²) in [4.78, 5) is 4.18. The number of hydrazine groups is 1. The van der Waals surface area contributed by atoms with Crippen molar-refractivity contribution in [2.75, 3.05) is 0 Å². The SMILES string of the molecule is NNC(c1ccoc1)c1cccc2ccncc12. The number of nitrogens with zero attached hydrogens (tertiary/aromatic N) is 1. The lowest BCUT2D eigenvalue weighted by Crippen LogP contribution is -2.28. The average molecular weight is 239 g/mol. The van der Waals surface area contributed by atoms with Crippen molar-refractivity contribution in [2.24, 2.45) is 5.84 Å². The molecule has 0 fully saturated rings. The van der Waals surface area contributed by atoms with E-state index in [0.29, 0.717) is 0 Å². The van der Waals surface area contributed by atoms with E-state index in [1.165, 1.54) is 0 Å². The number of furan rings is 1. The molecule has 0 spiro atoms. The monoisotopic (exact) mass is 239 g/mol. The van der Waals surface area contributed by atoms with E-state index < -0.39 is 0 Å². The summed E-state index contributed by atoms with van der Waals surface area (Å²) in [6.07, 6.45) is 6.98. The largest absolute Gasteiger partial charge is 0.472 e. The van der Waals surface area contributed by atoms with Crippen molar-refractivity contribution < 1.29 is 4.42 Å². The zero-order chi connectivity index (χ0) is 12.4. The molecular formula is C14H13N3O. The Labute approximate surface area is 104 Å². The number of hydrogen-bond donors (Lipinski definition) is 2. The fourth-order valence-electron chi connectivity index (χ4n) is 2.19. The smallest absolute Gasteiger partial charge is 0.0954 e. The number of pyridine rings is 1. The van der Waals surface area contributed by atoms with Crippen molar-refractivity contribution in [3.8, 4) is 0 Å². The van der Waals surface area contributed by atoms with E-state index in [4.69, 9.17) is 10.3 Å². The maximum absolute atomic E-state index is 5.67. The third kappa shape index (κ3) is 1.77. The number of nitrogens with two attached hydrogens (primary N) is 1. The van der Waals surface area contributed by atoms with Crippen molar-refractivity contribution >= 4 is 10.8 Å². The Hall–Kier alpha value is -2.17. The zero-order valence-corrected chi connectivity index (χ0v) is 9.71. The van der Waals surface area contributed by atoms with Crippen LogP contribution in [0.5, 0.6) is 0 Å². The lowest BCUT2D eigenvalue weighted by molar-refractivity contribution is 0.554. The molecule has 1 aromatic carbocycles. The maximum atomic E-state index is 5.67. The second-order valence-electron chi connectivity index (χ2n) is 4.10. The first-order valence-electron chi connectivity index (χ1n) is 5.71. The Kier molecular flexibility index (Phi) is 2.80. The molecule has 3 N–H and O–H groups in total. The topological polar surface area (TPSA) is 64.1 Å². The second kappa shape index (κ2) is 4.60. The fourth-order valence-corrected chi connectivity index (χ4v) is 2.19. The predicted molar refractivity (Wildman–Crippen MR) is 69.6 cm³/mol. The minimum absolute atomic E-state index is 0.100. The van der Waals surface area contributed by atoms with Crippen LogP contribution in [-0.2, 0) is 0 Å². The van der Waals surface area contributed by atoms with Gasteiger partial charge in [-0.3, -0.25) is 10.8 Å². The Morgan fingerprint density at radius 2 is 2.17 bits per heavy atom. The minimum atomic E-state index is -0.100. The number of hydrogen-bond acceptors (Lipinski definition) is 4. The van der Waals surface area contributed by atoms with Crippen LogP contribution in [0.3, 0.4) is 0 Å². The van der Waals surface area contributed by atoms with Gasteiger partial charge in [0.2, 0.25) is 0 Å². The minimum Gasteiger partial charge on any atom is -0.472 e. The van der Waals surface area contributed by atoms with E-state index in [1.807, 2.05) is 30.5 Å². The van der Waals surface area contributed by atoms with Crippen LogP contribution >= 0.6 is 0 Å². The highest BCUT2D eigenvalue weighted by molar-refractivity contribution is 5.85. The Bertz CT molecular complexity index is 644. The molecule has 1 atom stereocenters. The van der Waals surface area contributed by atoms with Crippen LogP contribution in [0.4, 0.5) is 0 Å². The summed E-state index contributed by atoms with van der Waals surface area (Å²) in [6.45, 7) is 0. The van der Waals surface area contributed by atoms with Gasteiger partial charge in [-0.15, -0.1) is 0 Å². The van der Waals surface area contributed by atoms with Gasteiger partial charge >= 0.3 is 0 Å². The number of rotatable bonds is 3. The number of aromatic nitrogens is 1. The van der Waals surface area contributed by atoms with Crippen molar-refractivity contribution in [3.63, 3.8) is 0 Å². The van der Waals surface area contributed by atoms with E-state index in [0.717, 1.165) is 21.9 Å². The molecule has 3 rings (SSSR count). The summed E-state index contributed by atoms with van der Waals surface area (Å²) in [7, 11) is 0. The quantitative estimate of drug-likeness (QED) is 0.544. The van der Waals surface area contributed by atoms with Gasteiger partial charge in [0, 0.05) is 23.3 Å². The van der Waals surface area contributed by atoms with Crippen LogP contribution in [0, 0.1) is 0 Å². The van der Waals surface area contributed by atoms with Crippen LogP contribution in [0.25, 0.3) is 10.8 Å². The summed E-state index contributed by atoms with van der Waals surface area (Å²) in [5.74, 6) is 5.67. The molecule has 0 aliphatic carbocycles. The molecule has 90 valence electrons. The molecule has 0 aliphatic rings. The summed E-state index contributed by atoms with van der Waals surface area (Å²) in [6, 6.07) is 9.91. The summed E-state index contributed by atoms with van der Waals surface area (Å²) < 4.78 is 5.12. The maximum Gasteiger partial charge on any atom is 0.0954 e. The lowest BCUT2D eigenvalue weighted by atomic mass is 9.97. The van der Waals surface area contributed by atoms with Crippen LogP contribution in [0.15, 0.2) is 59.7 Å². The number of nitrogens with one attached hydrogen (secondary N) is 1. The highest BCUT2D eigenvalue weighted by Crippen LogP contribution is 2.28. The second-order valence-corrected chi connectivity index (χ2v) is 4.10. The molecular weight excluding hydrogens is 226 g/mol. The van der Waals surface area contributed by atoms with E-state index in [-0.39, 0.29) is 6.04 Å². The van der Waals surface area contributed by atoms with Gasteiger partial charge in [0.05, 0.1) is 18.6 Å². The average Bonchev–Trinajstić information content (AvgIpc) is 2.94. The number of benzene rings is 1. The third-order valence-corrected chi connectivity index (χ3v) is 3.07. The Morgan fingerprint density at radius 1 is 1.22 bits per heavy atom. The molecule has 0 saturated heterocycles. The van der Waals surface area contributed by atoms with E-state index in [2.05, 4.69) is 16.5 Å². The van der Waals surface area contributed by atoms with Gasteiger partial charge in [-0.05, 0) is 23.1 Å². The van der Waals surface area contributed by atoms with Crippen LogP contribution in [0.1, 0.15) is 17.2 Å². The van der Waals surface area contributed by atoms with Gasteiger partial charge in [0.1, 0.15) is 0 Å². The Balaban J connectivity index is 2.18. The van der Waals surface area contributed by atoms with Crippen LogP contribution in [0.2, 0.25) is 0 Å². The van der Waals surface area contributed by atoms with Gasteiger partial charge in [0.15, 0.2) is 0 Å².